The topological polar surface area (TPSA) is 32.3 Å². The fraction of sp³-hybridized carbons (Fsp3) is 0.500. The minimum absolute atomic E-state index is 0.0406. The smallest absolute Gasteiger partial charge is 0.131 e. The lowest BCUT2D eigenvalue weighted by atomic mass is 9.97. The third-order valence-electron chi connectivity index (χ3n) is 2.49. The van der Waals surface area contributed by atoms with Crippen LogP contribution in [0.4, 0.5) is 8.78 Å². The van der Waals surface area contributed by atoms with Gasteiger partial charge < -0.3 is 10.4 Å². The fourth-order valence-electron chi connectivity index (χ4n) is 1.58. The third-order valence-corrected chi connectivity index (χ3v) is 2.49. The summed E-state index contributed by atoms with van der Waals surface area (Å²) in [6.07, 6.45) is -0.955. The molecule has 1 atom stereocenters. The van der Waals surface area contributed by atoms with Gasteiger partial charge in [-0.1, -0.05) is 13.8 Å². The number of aliphatic hydroxyl groups excluding tert-OH is 1. The van der Waals surface area contributed by atoms with E-state index in [2.05, 4.69) is 5.32 Å². The Kier molecular flexibility index (Phi) is 4.38. The molecule has 90 valence electrons. The summed E-state index contributed by atoms with van der Waals surface area (Å²) in [6.45, 7) is 3.88. The average Bonchev–Trinajstić information content (AvgIpc) is 2.17. The highest BCUT2D eigenvalue weighted by molar-refractivity contribution is 5.30. The van der Waals surface area contributed by atoms with Gasteiger partial charge in [0, 0.05) is 18.2 Å². The van der Waals surface area contributed by atoms with Crippen molar-refractivity contribution in [3.8, 4) is 0 Å². The molecule has 0 aliphatic heterocycles. The van der Waals surface area contributed by atoms with Crippen LogP contribution in [0, 0.1) is 11.6 Å². The van der Waals surface area contributed by atoms with Crippen LogP contribution in [0.25, 0.3) is 0 Å². The zero-order chi connectivity index (χ0) is 12.3. The Morgan fingerprint density at radius 2 is 1.75 bits per heavy atom. The standard InChI is InChI=1S/C12H17F2NO/c1-7(2)8-4-9(12(16)6-15-3)11(14)5-10(8)13/h4-5,7,12,15-16H,6H2,1-3H3. The van der Waals surface area contributed by atoms with E-state index in [0.29, 0.717) is 5.56 Å². The van der Waals surface area contributed by atoms with Crippen LogP contribution in [-0.2, 0) is 0 Å². The van der Waals surface area contributed by atoms with Crippen molar-refractivity contribution in [1.29, 1.82) is 0 Å². The first-order valence-electron chi connectivity index (χ1n) is 5.28. The zero-order valence-electron chi connectivity index (χ0n) is 9.72. The number of rotatable bonds is 4. The largest absolute Gasteiger partial charge is 0.387 e. The first-order chi connectivity index (χ1) is 7.47. The van der Waals surface area contributed by atoms with Gasteiger partial charge in [-0.25, -0.2) is 8.78 Å². The van der Waals surface area contributed by atoms with Gasteiger partial charge in [0.05, 0.1) is 6.10 Å². The number of hydrogen-bond donors (Lipinski definition) is 2. The average molecular weight is 229 g/mol. The van der Waals surface area contributed by atoms with Crippen LogP contribution < -0.4 is 5.32 Å². The predicted molar refractivity (Wildman–Crippen MR) is 59.3 cm³/mol. The van der Waals surface area contributed by atoms with Gasteiger partial charge in [0.2, 0.25) is 0 Å². The van der Waals surface area contributed by atoms with Crippen LogP contribution in [0.2, 0.25) is 0 Å². The second-order valence-corrected chi connectivity index (χ2v) is 4.12. The SMILES string of the molecule is CNCC(O)c1cc(C(C)C)c(F)cc1F. The zero-order valence-corrected chi connectivity index (χ0v) is 9.72. The van der Waals surface area contributed by atoms with Gasteiger partial charge in [-0.2, -0.15) is 0 Å². The second kappa shape index (κ2) is 5.37. The summed E-state index contributed by atoms with van der Waals surface area (Å²) in [5.41, 5.74) is 0.561. The summed E-state index contributed by atoms with van der Waals surface area (Å²) in [5.74, 6) is -1.31. The van der Waals surface area contributed by atoms with Crippen molar-refractivity contribution >= 4 is 0 Å². The highest BCUT2D eigenvalue weighted by Gasteiger charge is 2.17. The van der Waals surface area contributed by atoms with Crippen molar-refractivity contribution in [2.45, 2.75) is 25.9 Å². The molecule has 1 aromatic rings. The van der Waals surface area contributed by atoms with Crippen molar-refractivity contribution in [3.63, 3.8) is 0 Å². The molecular formula is C12H17F2NO. The van der Waals surface area contributed by atoms with Crippen molar-refractivity contribution < 1.29 is 13.9 Å². The van der Waals surface area contributed by atoms with E-state index in [1.165, 1.54) is 6.07 Å². The number of aliphatic hydroxyl groups is 1. The van der Waals surface area contributed by atoms with Gasteiger partial charge in [-0.05, 0) is 24.6 Å². The van der Waals surface area contributed by atoms with Crippen molar-refractivity contribution in [2.24, 2.45) is 0 Å². The second-order valence-electron chi connectivity index (χ2n) is 4.12. The molecule has 0 spiro atoms. The molecule has 0 aliphatic carbocycles. The molecule has 0 saturated heterocycles. The summed E-state index contributed by atoms with van der Waals surface area (Å²) in [4.78, 5) is 0. The maximum Gasteiger partial charge on any atom is 0.131 e. The van der Waals surface area contributed by atoms with Gasteiger partial charge in [0.15, 0.2) is 0 Å². The lowest BCUT2D eigenvalue weighted by Gasteiger charge is -2.15. The Morgan fingerprint density at radius 3 is 2.25 bits per heavy atom. The number of hydrogen-bond acceptors (Lipinski definition) is 2. The summed E-state index contributed by atoms with van der Waals surface area (Å²) < 4.78 is 26.8. The Morgan fingerprint density at radius 1 is 1.19 bits per heavy atom. The van der Waals surface area contributed by atoms with Crippen molar-refractivity contribution in [2.75, 3.05) is 13.6 Å². The molecule has 1 unspecified atom stereocenters. The van der Waals surface area contributed by atoms with Crippen LogP contribution >= 0.6 is 0 Å². The van der Waals surface area contributed by atoms with E-state index in [9.17, 15) is 13.9 Å². The third kappa shape index (κ3) is 2.77. The van der Waals surface area contributed by atoms with Gasteiger partial charge in [0.25, 0.3) is 0 Å². The molecular weight excluding hydrogens is 212 g/mol. The molecule has 0 bridgehead atoms. The molecule has 0 aliphatic rings. The Bertz CT molecular complexity index is 366. The van der Waals surface area contributed by atoms with E-state index in [0.717, 1.165) is 6.07 Å². The highest BCUT2D eigenvalue weighted by Crippen LogP contribution is 2.25. The lowest BCUT2D eigenvalue weighted by molar-refractivity contribution is 0.172. The van der Waals surface area contributed by atoms with E-state index in [-0.39, 0.29) is 18.0 Å². The first kappa shape index (κ1) is 13.1. The summed E-state index contributed by atoms with van der Waals surface area (Å²) in [5, 5.41) is 12.4. The minimum Gasteiger partial charge on any atom is -0.387 e. The summed E-state index contributed by atoms with van der Waals surface area (Å²) in [7, 11) is 1.66. The van der Waals surface area contributed by atoms with E-state index >= 15 is 0 Å². The molecule has 0 saturated carbocycles. The fourth-order valence-corrected chi connectivity index (χ4v) is 1.58. The number of benzene rings is 1. The first-order valence-corrected chi connectivity index (χ1v) is 5.28. The van der Waals surface area contributed by atoms with E-state index in [1.807, 2.05) is 13.8 Å². The normalized spacial score (nSPS) is 13.2. The monoisotopic (exact) mass is 229 g/mol. The van der Waals surface area contributed by atoms with Crippen LogP contribution in [0.5, 0.6) is 0 Å². The highest BCUT2D eigenvalue weighted by atomic mass is 19.1. The Balaban J connectivity index is 3.14. The molecule has 0 fully saturated rings. The maximum atomic E-state index is 13.4. The van der Waals surface area contributed by atoms with Crippen molar-refractivity contribution in [1.82, 2.24) is 5.32 Å². The lowest BCUT2D eigenvalue weighted by Crippen LogP contribution is -2.18. The molecule has 0 heterocycles. The number of halogens is 2. The molecule has 16 heavy (non-hydrogen) atoms. The van der Waals surface area contributed by atoms with E-state index < -0.39 is 17.7 Å². The molecule has 2 N–H and O–H groups in total. The van der Waals surface area contributed by atoms with Gasteiger partial charge in [-0.15, -0.1) is 0 Å². The molecule has 0 aromatic heterocycles. The minimum atomic E-state index is -0.955. The molecule has 0 radical (unpaired) electrons. The van der Waals surface area contributed by atoms with E-state index in [4.69, 9.17) is 0 Å². The van der Waals surface area contributed by atoms with E-state index in [1.54, 1.807) is 7.05 Å². The predicted octanol–water partition coefficient (Wildman–Crippen LogP) is 2.34. The molecule has 0 amide bonds. The number of nitrogens with one attached hydrogen (secondary N) is 1. The quantitative estimate of drug-likeness (QED) is 0.830. The molecule has 1 aromatic carbocycles. The van der Waals surface area contributed by atoms with Gasteiger partial charge >= 0.3 is 0 Å². The number of likely N-dealkylation sites (N-methyl/N-ethyl adjacent to an activating group) is 1. The Hall–Kier alpha value is -1.00. The maximum absolute atomic E-state index is 13.4. The van der Waals surface area contributed by atoms with Crippen LogP contribution in [0.1, 0.15) is 37.0 Å². The van der Waals surface area contributed by atoms with Crippen molar-refractivity contribution in [3.05, 3.63) is 34.9 Å². The summed E-state index contributed by atoms with van der Waals surface area (Å²) >= 11 is 0. The molecule has 1 rings (SSSR count). The molecule has 2 nitrogen and oxygen atoms in total. The Labute approximate surface area is 94.3 Å². The van der Waals surface area contributed by atoms with Crippen LogP contribution in [0.15, 0.2) is 12.1 Å². The van der Waals surface area contributed by atoms with Crippen LogP contribution in [-0.4, -0.2) is 18.7 Å². The van der Waals surface area contributed by atoms with Gasteiger partial charge in [-0.3, -0.25) is 0 Å². The summed E-state index contributed by atoms with van der Waals surface area (Å²) in [6, 6.07) is 2.24. The molecule has 4 heteroatoms. The van der Waals surface area contributed by atoms with Gasteiger partial charge in [0.1, 0.15) is 11.6 Å². The van der Waals surface area contributed by atoms with Crippen LogP contribution in [0.3, 0.4) is 0 Å².